The van der Waals surface area contributed by atoms with Crippen LogP contribution in [-0.4, -0.2) is 35.9 Å². The van der Waals surface area contributed by atoms with Crippen LogP contribution in [0.5, 0.6) is 5.75 Å². The van der Waals surface area contributed by atoms with Crippen LogP contribution in [0.15, 0.2) is 23.7 Å². The van der Waals surface area contributed by atoms with E-state index in [0.717, 1.165) is 17.7 Å². The van der Waals surface area contributed by atoms with Crippen LogP contribution in [0.1, 0.15) is 16.1 Å². The summed E-state index contributed by atoms with van der Waals surface area (Å²) in [4.78, 5) is 5.42. The second kappa shape index (κ2) is 7.56. The van der Waals surface area contributed by atoms with Gasteiger partial charge < -0.3 is 19.5 Å². The van der Waals surface area contributed by atoms with Crippen molar-refractivity contribution >= 4 is 23.9 Å². The monoisotopic (exact) mass is 307 g/mol. The van der Waals surface area contributed by atoms with Gasteiger partial charge in [0.25, 0.3) is 0 Å². The van der Waals surface area contributed by atoms with Crippen LogP contribution in [-0.2, 0) is 17.8 Å². The third-order valence-corrected chi connectivity index (χ3v) is 4.17. The molecule has 1 aromatic carbocycles. The highest BCUT2D eigenvalue weighted by Crippen LogP contribution is 2.18. The van der Waals surface area contributed by atoms with Crippen LogP contribution in [0.3, 0.4) is 0 Å². The first-order valence-electron chi connectivity index (χ1n) is 6.61. The first-order valence-corrected chi connectivity index (χ1v) is 7.49. The first-order chi connectivity index (χ1) is 10.1. The molecule has 0 unspecified atom stereocenters. The highest BCUT2D eigenvalue weighted by atomic mass is 32.1. The molecular formula is C14H18BNO4S. The second-order valence-electron chi connectivity index (χ2n) is 4.61. The predicted molar refractivity (Wildman–Crippen MR) is 83.0 cm³/mol. The highest BCUT2D eigenvalue weighted by molar-refractivity contribution is 7.09. The Labute approximate surface area is 128 Å². The van der Waals surface area contributed by atoms with Gasteiger partial charge in [0.2, 0.25) is 0 Å². The molecule has 0 radical (unpaired) electrons. The van der Waals surface area contributed by atoms with Crippen molar-refractivity contribution in [2.24, 2.45) is 0 Å². The Morgan fingerprint density at radius 2 is 2.14 bits per heavy atom. The van der Waals surface area contributed by atoms with Gasteiger partial charge in [-0.2, -0.15) is 0 Å². The molecule has 0 atom stereocenters. The van der Waals surface area contributed by atoms with Crippen molar-refractivity contribution in [3.05, 3.63) is 39.8 Å². The fourth-order valence-electron chi connectivity index (χ4n) is 1.99. The number of thiazole rings is 1. The van der Waals surface area contributed by atoms with Crippen LogP contribution in [0.4, 0.5) is 0 Å². The van der Waals surface area contributed by atoms with Gasteiger partial charge in [0.15, 0.2) is 0 Å². The van der Waals surface area contributed by atoms with Gasteiger partial charge in [-0.05, 0) is 18.5 Å². The van der Waals surface area contributed by atoms with E-state index in [1.165, 1.54) is 4.88 Å². The van der Waals surface area contributed by atoms with E-state index in [0.29, 0.717) is 24.4 Å². The zero-order chi connectivity index (χ0) is 15.2. The number of aryl methyl sites for hydroxylation is 1. The van der Waals surface area contributed by atoms with E-state index in [4.69, 9.17) is 9.47 Å². The maximum Gasteiger partial charge on any atom is 0.488 e. The molecule has 1 aromatic heterocycles. The van der Waals surface area contributed by atoms with E-state index in [1.54, 1.807) is 36.6 Å². The molecule has 5 nitrogen and oxygen atoms in total. The Morgan fingerprint density at radius 1 is 1.33 bits per heavy atom. The van der Waals surface area contributed by atoms with E-state index in [1.807, 2.05) is 12.4 Å². The number of ether oxygens (including phenoxy) is 2. The molecule has 2 N–H and O–H groups in total. The van der Waals surface area contributed by atoms with Gasteiger partial charge >= 0.3 is 7.12 Å². The van der Waals surface area contributed by atoms with Crippen molar-refractivity contribution in [2.75, 3.05) is 13.7 Å². The molecule has 0 bridgehead atoms. The Kier molecular flexibility index (Phi) is 5.75. The Hall–Kier alpha value is -1.41. The summed E-state index contributed by atoms with van der Waals surface area (Å²) in [6.07, 6.45) is 0.821. The summed E-state index contributed by atoms with van der Waals surface area (Å²) < 4.78 is 10.9. The van der Waals surface area contributed by atoms with Crippen molar-refractivity contribution in [2.45, 2.75) is 20.0 Å². The maximum atomic E-state index is 9.21. The Morgan fingerprint density at radius 3 is 2.76 bits per heavy atom. The average Bonchev–Trinajstić information content (AvgIpc) is 2.88. The quantitative estimate of drug-likeness (QED) is 0.587. The molecule has 0 aliphatic heterocycles. The molecule has 0 amide bonds. The molecule has 7 heteroatoms. The first kappa shape index (κ1) is 16.0. The molecule has 2 rings (SSSR count). The number of aromatic nitrogens is 1. The number of benzene rings is 1. The molecule has 0 aliphatic carbocycles. The molecule has 21 heavy (non-hydrogen) atoms. The van der Waals surface area contributed by atoms with Crippen LogP contribution >= 0.6 is 11.3 Å². The molecular weight excluding hydrogens is 289 g/mol. The molecule has 2 aromatic rings. The maximum absolute atomic E-state index is 9.21. The normalized spacial score (nSPS) is 10.7. The fourth-order valence-corrected chi connectivity index (χ4v) is 2.75. The van der Waals surface area contributed by atoms with Gasteiger partial charge in [0, 0.05) is 16.9 Å². The lowest BCUT2D eigenvalue weighted by Gasteiger charge is -2.11. The summed E-state index contributed by atoms with van der Waals surface area (Å²) >= 11 is 1.63. The summed E-state index contributed by atoms with van der Waals surface area (Å²) in [6, 6.07) is 5.01. The van der Waals surface area contributed by atoms with E-state index in [-0.39, 0.29) is 0 Å². The van der Waals surface area contributed by atoms with Crippen LogP contribution in [0.2, 0.25) is 0 Å². The lowest BCUT2D eigenvalue weighted by molar-refractivity contribution is 0.122. The Bertz CT molecular complexity index is 588. The zero-order valence-corrected chi connectivity index (χ0v) is 12.9. The van der Waals surface area contributed by atoms with Gasteiger partial charge in [-0.3, -0.25) is 0 Å². The summed E-state index contributed by atoms with van der Waals surface area (Å²) in [5, 5.41) is 18.4. The molecule has 1 heterocycles. The number of hydrogen-bond acceptors (Lipinski definition) is 6. The predicted octanol–water partition coefficient (Wildman–Crippen LogP) is 0.899. The topological polar surface area (TPSA) is 71.8 Å². The summed E-state index contributed by atoms with van der Waals surface area (Å²) in [7, 11) is 0.0867. The minimum atomic E-state index is -1.49. The standard InChI is InChI=1S/C14H18BNO4S/c1-10-14(21-9-16-10)5-6-20-8-11-7-12(15(17)18)3-4-13(11)19-2/h3-4,7,9,17-18H,5-6,8H2,1-2H3. The molecule has 0 fully saturated rings. The largest absolute Gasteiger partial charge is 0.496 e. The van der Waals surface area contributed by atoms with Crippen molar-refractivity contribution < 1.29 is 19.5 Å². The molecule has 112 valence electrons. The second-order valence-corrected chi connectivity index (χ2v) is 5.55. The van der Waals surface area contributed by atoms with Crippen molar-refractivity contribution in [1.82, 2.24) is 4.98 Å². The van der Waals surface area contributed by atoms with E-state index < -0.39 is 7.12 Å². The summed E-state index contributed by atoms with van der Waals surface area (Å²) in [5.74, 6) is 0.674. The van der Waals surface area contributed by atoms with Gasteiger partial charge in [0.1, 0.15) is 5.75 Å². The van der Waals surface area contributed by atoms with Gasteiger partial charge in [-0.1, -0.05) is 12.1 Å². The number of methoxy groups -OCH3 is 1. The lowest BCUT2D eigenvalue weighted by atomic mass is 9.79. The molecule has 0 aliphatic rings. The van der Waals surface area contributed by atoms with Crippen molar-refractivity contribution in [1.29, 1.82) is 0 Å². The van der Waals surface area contributed by atoms with Crippen molar-refractivity contribution in [3.8, 4) is 5.75 Å². The zero-order valence-electron chi connectivity index (χ0n) is 12.1. The summed E-state index contributed by atoms with van der Waals surface area (Å²) in [5.41, 5.74) is 4.10. The number of nitrogens with zero attached hydrogens (tertiary/aromatic N) is 1. The van der Waals surface area contributed by atoms with E-state index in [9.17, 15) is 10.0 Å². The summed E-state index contributed by atoms with van der Waals surface area (Å²) in [6.45, 7) is 2.93. The third-order valence-electron chi connectivity index (χ3n) is 3.18. The minimum Gasteiger partial charge on any atom is -0.496 e. The fraction of sp³-hybridized carbons (Fsp3) is 0.357. The SMILES string of the molecule is COc1ccc(B(O)O)cc1COCCc1scnc1C. The van der Waals surface area contributed by atoms with Crippen LogP contribution < -0.4 is 10.2 Å². The van der Waals surface area contributed by atoms with Gasteiger partial charge in [-0.15, -0.1) is 11.3 Å². The van der Waals surface area contributed by atoms with E-state index >= 15 is 0 Å². The number of hydrogen-bond donors (Lipinski definition) is 2. The van der Waals surface area contributed by atoms with Gasteiger partial charge in [-0.25, -0.2) is 4.98 Å². The minimum absolute atomic E-state index is 0.363. The third kappa shape index (κ3) is 4.28. The molecule has 0 spiro atoms. The molecule has 0 saturated heterocycles. The average molecular weight is 307 g/mol. The Balaban J connectivity index is 1.92. The van der Waals surface area contributed by atoms with E-state index in [2.05, 4.69) is 4.98 Å². The molecule has 0 saturated carbocycles. The van der Waals surface area contributed by atoms with Crippen LogP contribution in [0, 0.1) is 6.92 Å². The highest BCUT2D eigenvalue weighted by Gasteiger charge is 2.14. The lowest BCUT2D eigenvalue weighted by Crippen LogP contribution is -2.30. The van der Waals surface area contributed by atoms with Crippen LogP contribution in [0.25, 0.3) is 0 Å². The van der Waals surface area contributed by atoms with Crippen molar-refractivity contribution in [3.63, 3.8) is 0 Å². The van der Waals surface area contributed by atoms with Gasteiger partial charge in [0.05, 0.1) is 31.5 Å². The smallest absolute Gasteiger partial charge is 0.488 e. The number of rotatable bonds is 7.